The van der Waals surface area contributed by atoms with Crippen LogP contribution in [-0.2, 0) is 12.8 Å². The predicted octanol–water partition coefficient (Wildman–Crippen LogP) is 1.42. The van der Waals surface area contributed by atoms with Gasteiger partial charge in [0, 0.05) is 6.20 Å². The molecule has 0 unspecified atom stereocenters. The molecule has 0 fully saturated rings. The van der Waals surface area contributed by atoms with Crippen molar-refractivity contribution in [1.82, 2.24) is 25.0 Å². The molecule has 2 heterocycles. The van der Waals surface area contributed by atoms with Crippen molar-refractivity contribution in [3.63, 3.8) is 0 Å². The Morgan fingerprint density at radius 2 is 2.00 bits per heavy atom. The minimum absolute atomic E-state index is 0.808. The minimum Gasteiger partial charge on any atom is -0.255 e. The van der Waals surface area contributed by atoms with Crippen molar-refractivity contribution < 1.29 is 0 Å². The number of hydrogen-bond acceptors (Lipinski definition) is 4. The summed E-state index contributed by atoms with van der Waals surface area (Å²) in [6, 6.07) is 0. The topological polar surface area (TPSA) is 56.0 Å². The summed E-state index contributed by atoms with van der Waals surface area (Å²) in [4.78, 5) is 4.42. The van der Waals surface area contributed by atoms with Gasteiger partial charge in [0.15, 0.2) is 0 Å². The van der Waals surface area contributed by atoms with Crippen molar-refractivity contribution in [1.29, 1.82) is 0 Å². The second-order valence-electron chi connectivity index (χ2n) is 3.61. The van der Waals surface area contributed by atoms with E-state index in [-0.39, 0.29) is 0 Å². The number of hydrogen-bond donors (Lipinski definition) is 0. The van der Waals surface area contributed by atoms with Gasteiger partial charge in [0.05, 0.1) is 11.4 Å². The zero-order valence-corrected chi connectivity index (χ0v) is 9.14. The number of nitrogens with zero attached hydrogens (tertiary/aromatic N) is 5. The normalized spacial score (nSPS) is 11.1. The monoisotopic (exact) mass is 205 g/mol. The molecule has 0 aromatic carbocycles. The fourth-order valence-corrected chi connectivity index (χ4v) is 1.67. The molecule has 0 aliphatic heterocycles. The van der Waals surface area contributed by atoms with Gasteiger partial charge in [-0.05, 0) is 23.3 Å². The maximum absolute atomic E-state index is 4.42. The Labute approximate surface area is 88.5 Å². The lowest BCUT2D eigenvalue weighted by atomic mass is 10.2. The third kappa shape index (κ3) is 1.82. The highest BCUT2D eigenvalue weighted by atomic mass is 15.5. The average molecular weight is 205 g/mol. The molecule has 0 amide bonds. The molecule has 2 rings (SSSR count). The van der Waals surface area contributed by atoms with Gasteiger partial charge in [-0.25, -0.2) is 0 Å². The van der Waals surface area contributed by atoms with Crippen LogP contribution in [0.5, 0.6) is 0 Å². The first-order valence-electron chi connectivity index (χ1n) is 5.41. The van der Waals surface area contributed by atoms with Crippen molar-refractivity contribution in [2.75, 3.05) is 0 Å². The second kappa shape index (κ2) is 4.33. The predicted molar refractivity (Wildman–Crippen MR) is 56.6 cm³/mol. The molecule has 2 aromatic rings. The zero-order valence-electron chi connectivity index (χ0n) is 9.14. The SMILES string of the molecule is CCCc1ncc(CCC)n2nnnc12. The van der Waals surface area contributed by atoms with Gasteiger partial charge in [0.25, 0.3) is 0 Å². The molecule has 0 aliphatic carbocycles. The van der Waals surface area contributed by atoms with Crippen LogP contribution in [0.3, 0.4) is 0 Å². The number of aryl methyl sites for hydroxylation is 2. The lowest BCUT2D eigenvalue weighted by Gasteiger charge is -2.03. The van der Waals surface area contributed by atoms with Gasteiger partial charge in [-0.2, -0.15) is 4.52 Å². The van der Waals surface area contributed by atoms with Gasteiger partial charge in [-0.15, -0.1) is 5.10 Å². The van der Waals surface area contributed by atoms with Crippen molar-refractivity contribution in [2.45, 2.75) is 39.5 Å². The Kier molecular flexibility index (Phi) is 2.89. The van der Waals surface area contributed by atoms with Crippen LogP contribution in [0.2, 0.25) is 0 Å². The number of aromatic nitrogens is 5. The molecular weight excluding hydrogens is 190 g/mol. The quantitative estimate of drug-likeness (QED) is 0.757. The lowest BCUT2D eigenvalue weighted by Crippen LogP contribution is -2.04. The van der Waals surface area contributed by atoms with Crippen LogP contribution in [-0.4, -0.2) is 25.0 Å². The summed E-state index contributed by atoms with van der Waals surface area (Å²) >= 11 is 0. The first-order chi connectivity index (χ1) is 7.36. The third-order valence-electron chi connectivity index (χ3n) is 2.36. The van der Waals surface area contributed by atoms with Gasteiger partial charge in [0.1, 0.15) is 0 Å². The molecule has 0 saturated carbocycles. The number of rotatable bonds is 4. The van der Waals surface area contributed by atoms with E-state index in [1.54, 1.807) is 0 Å². The van der Waals surface area contributed by atoms with Gasteiger partial charge >= 0.3 is 0 Å². The first-order valence-corrected chi connectivity index (χ1v) is 5.41. The van der Waals surface area contributed by atoms with E-state index < -0.39 is 0 Å². The zero-order chi connectivity index (χ0) is 10.7. The lowest BCUT2D eigenvalue weighted by molar-refractivity contribution is 0.743. The Balaban J connectivity index is 2.50. The smallest absolute Gasteiger partial charge is 0.200 e. The van der Waals surface area contributed by atoms with Crippen LogP contribution in [0.25, 0.3) is 5.65 Å². The second-order valence-corrected chi connectivity index (χ2v) is 3.61. The molecule has 80 valence electrons. The molecule has 0 bridgehead atoms. The van der Waals surface area contributed by atoms with Crippen LogP contribution in [0, 0.1) is 0 Å². The molecule has 5 nitrogen and oxygen atoms in total. The molecule has 0 atom stereocenters. The fourth-order valence-electron chi connectivity index (χ4n) is 1.67. The summed E-state index contributed by atoms with van der Waals surface area (Å²) in [5.74, 6) is 0. The minimum atomic E-state index is 0.808. The Morgan fingerprint density at radius 3 is 2.73 bits per heavy atom. The number of fused-ring (bicyclic) bond motifs is 1. The molecule has 0 aliphatic rings. The summed E-state index contributed by atoms with van der Waals surface area (Å²) in [5.41, 5.74) is 2.88. The van der Waals surface area contributed by atoms with Crippen LogP contribution in [0.4, 0.5) is 0 Å². The summed E-state index contributed by atoms with van der Waals surface area (Å²) in [7, 11) is 0. The van der Waals surface area contributed by atoms with E-state index in [2.05, 4.69) is 34.4 Å². The van der Waals surface area contributed by atoms with E-state index in [0.29, 0.717) is 0 Å². The van der Waals surface area contributed by atoms with Crippen LogP contribution in [0.15, 0.2) is 6.20 Å². The third-order valence-corrected chi connectivity index (χ3v) is 2.36. The molecule has 0 saturated heterocycles. The summed E-state index contributed by atoms with van der Waals surface area (Å²) < 4.78 is 1.81. The fraction of sp³-hybridized carbons (Fsp3) is 0.600. The molecule has 5 heteroatoms. The van der Waals surface area contributed by atoms with Crippen LogP contribution in [0.1, 0.15) is 38.1 Å². The molecule has 0 spiro atoms. The molecule has 0 radical (unpaired) electrons. The van der Waals surface area contributed by atoms with Crippen LogP contribution >= 0.6 is 0 Å². The van der Waals surface area contributed by atoms with E-state index in [4.69, 9.17) is 0 Å². The largest absolute Gasteiger partial charge is 0.255 e. The van der Waals surface area contributed by atoms with Gasteiger partial charge in [0.2, 0.25) is 5.65 Å². The first kappa shape index (κ1) is 10.0. The summed E-state index contributed by atoms with van der Waals surface area (Å²) in [6.07, 6.45) is 5.90. The van der Waals surface area contributed by atoms with Gasteiger partial charge < -0.3 is 0 Å². The molecule has 2 aromatic heterocycles. The van der Waals surface area contributed by atoms with Crippen molar-refractivity contribution in [3.05, 3.63) is 17.6 Å². The highest BCUT2D eigenvalue weighted by molar-refractivity contribution is 5.42. The van der Waals surface area contributed by atoms with E-state index in [9.17, 15) is 0 Å². The van der Waals surface area contributed by atoms with E-state index in [1.165, 1.54) is 0 Å². The van der Waals surface area contributed by atoms with Crippen LogP contribution < -0.4 is 0 Å². The van der Waals surface area contributed by atoms with E-state index in [1.807, 2.05) is 10.7 Å². The number of tetrazole rings is 1. The average Bonchev–Trinajstić information content (AvgIpc) is 2.71. The highest BCUT2D eigenvalue weighted by Gasteiger charge is 2.09. The summed E-state index contributed by atoms with van der Waals surface area (Å²) in [6.45, 7) is 4.26. The van der Waals surface area contributed by atoms with E-state index in [0.717, 1.165) is 42.7 Å². The van der Waals surface area contributed by atoms with Gasteiger partial charge in [-0.1, -0.05) is 26.7 Å². The molecule has 15 heavy (non-hydrogen) atoms. The van der Waals surface area contributed by atoms with Crippen molar-refractivity contribution in [2.24, 2.45) is 0 Å². The molecular formula is C10H15N5. The maximum atomic E-state index is 4.42. The summed E-state index contributed by atoms with van der Waals surface area (Å²) in [5, 5.41) is 11.7. The van der Waals surface area contributed by atoms with E-state index >= 15 is 0 Å². The Bertz CT molecular complexity index is 408. The highest BCUT2D eigenvalue weighted by Crippen LogP contribution is 2.10. The standard InChI is InChI=1S/C10H15N5/c1-3-5-8-7-11-9(6-4-2)10-12-13-14-15(8)10/h7H,3-6H2,1-2H3. The van der Waals surface area contributed by atoms with Crippen molar-refractivity contribution in [3.8, 4) is 0 Å². The van der Waals surface area contributed by atoms with Gasteiger partial charge in [-0.3, -0.25) is 4.98 Å². The van der Waals surface area contributed by atoms with Crippen molar-refractivity contribution >= 4 is 5.65 Å². The Morgan fingerprint density at radius 1 is 1.20 bits per heavy atom. The Hall–Kier alpha value is -1.52. The maximum Gasteiger partial charge on any atom is 0.200 e. The molecule has 0 N–H and O–H groups in total.